The van der Waals surface area contributed by atoms with Crippen LogP contribution in [0.1, 0.15) is 30.6 Å². The second kappa shape index (κ2) is 6.16. The molecule has 2 aromatic rings. The molecule has 96 valence electrons. The summed E-state index contributed by atoms with van der Waals surface area (Å²) in [6.45, 7) is 3.07. The molecule has 1 heterocycles. The number of halogens is 1. The predicted molar refractivity (Wildman–Crippen MR) is 77.3 cm³/mol. The maximum absolute atomic E-state index is 6.29. The van der Waals surface area contributed by atoms with Gasteiger partial charge in [-0.2, -0.15) is 5.10 Å². The molecule has 18 heavy (non-hydrogen) atoms. The molecule has 0 fully saturated rings. The van der Waals surface area contributed by atoms with Crippen LogP contribution in [-0.2, 0) is 13.0 Å². The Bertz CT molecular complexity index is 507. The third kappa shape index (κ3) is 3.00. The second-order valence-electron chi connectivity index (χ2n) is 4.38. The van der Waals surface area contributed by atoms with E-state index in [9.17, 15) is 0 Å². The molecule has 0 amide bonds. The van der Waals surface area contributed by atoms with Crippen molar-refractivity contribution in [2.45, 2.75) is 32.4 Å². The molecule has 3 nitrogen and oxygen atoms in total. The fourth-order valence-electron chi connectivity index (χ4n) is 2.06. The summed E-state index contributed by atoms with van der Waals surface area (Å²) in [5.41, 5.74) is 8.62. The first-order chi connectivity index (χ1) is 8.72. The van der Waals surface area contributed by atoms with Crippen LogP contribution < -0.4 is 5.73 Å². The number of nitrogens with two attached hydrogens (primary N) is 1. The van der Waals surface area contributed by atoms with Gasteiger partial charge in [-0.1, -0.05) is 41.1 Å². The number of hydrogen-bond acceptors (Lipinski definition) is 2. The fourth-order valence-corrected chi connectivity index (χ4v) is 2.51. The van der Waals surface area contributed by atoms with E-state index in [0.29, 0.717) is 0 Å². The Morgan fingerprint density at radius 1 is 1.33 bits per heavy atom. The van der Waals surface area contributed by atoms with Crippen LogP contribution in [0.25, 0.3) is 0 Å². The van der Waals surface area contributed by atoms with E-state index in [4.69, 9.17) is 5.73 Å². The highest BCUT2D eigenvalue weighted by molar-refractivity contribution is 9.10. The fraction of sp³-hybridized carbons (Fsp3) is 0.357. The molecule has 2 rings (SSSR count). The molecule has 0 bridgehead atoms. The van der Waals surface area contributed by atoms with Gasteiger partial charge in [0.05, 0.1) is 11.7 Å². The standard InChI is InChI=1S/C14H18BrN3/c1-2-9-18-14(7-8-17-18)13(16)10-11-5-3-4-6-12(11)15/h3-8,13H,2,9-10,16H2,1H3. The van der Waals surface area contributed by atoms with Crippen molar-refractivity contribution in [2.75, 3.05) is 0 Å². The molecule has 4 heteroatoms. The lowest BCUT2D eigenvalue weighted by atomic mass is 10.0. The number of aromatic nitrogens is 2. The molecule has 0 aliphatic heterocycles. The molecule has 0 saturated heterocycles. The van der Waals surface area contributed by atoms with E-state index in [1.807, 2.05) is 35.1 Å². The van der Waals surface area contributed by atoms with Gasteiger partial charge in [-0.15, -0.1) is 0 Å². The quantitative estimate of drug-likeness (QED) is 0.921. The van der Waals surface area contributed by atoms with Crippen LogP contribution in [-0.4, -0.2) is 9.78 Å². The van der Waals surface area contributed by atoms with Crippen molar-refractivity contribution < 1.29 is 0 Å². The number of rotatable bonds is 5. The van der Waals surface area contributed by atoms with E-state index in [-0.39, 0.29) is 6.04 Å². The average molecular weight is 308 g/mol. The van der Waals surface area contributed by atoms with Crippen LogP contribution in [0.4, 0.5) is 0 Å². The molecule has 2 N–H and O–H groups in total. The first-order valence-electron chi connectivity index (χ1n) is 6.23. The van der Waals surface area contributed by atoms with Crippen LogP contribution in [0.3, 0.4) is 0 Å². The summed E-state index contributed by atoms with van der Waals surface area (Å²) in [5.74, 6) is 0. The SMILES string of the molecule is CCCn1nccc1C(N)Cc1ccccc1Br. The van der Waals surface area contributed by atoms with Gasteiger partial charge in [0.1, 0.15) is 0 Å². The van der Waals surface area contributed by atoms with Crippen LogP contribution in [0.5, 0.6) is 0 Å². The summed E-state index contributed by atoms with van der Waals surface area (Å²) in [6, 6.07) is 10.2. The number of benzene rings is 1. The molecule has 0 saturated carbocycles. The third-order valence-corrected chi connectivity index (χ3v) is 3.74. The molecule has 1 aromatic heterocycles. The Labute approximate surface area is 116 Å². The van der Waals surface area contributed by atoms with Gasteiger partial charge in [0.25, 0.3) is 0 Å². The topological polar surface area (TPSA) is 43.8 Å². The zero-order chi connectivity index (χ0) is 13.0. The lowest BCUT2D eigenvalue weighted by Gasteiger charge is -2.15. The van der Waals surface area contributed by atoms with Crippen LogP contribution in [0.15, 0.2) is 41.0 Å². The van der Waals surface area contributed by atoms with Crippen molar-refractivity contribution in [3.05, 3.63) is 52.3 Å². The highest BCUT2D eigenvalue weighted by atomic mass is 79.9. The van der Waals surface area contributed by atoms with Gasteiger partial charge < -0.3 is 5.73 Å². The first kappa shape index (κ1) is 13.3. The smallest absolute Gasteiger partial charge is 0.0554 e. The van der Waals surface area contributed by atoms with Gasteiger partial charge in [0.15, 0.2) is 0 Å². The van der Waals surface area contributed by atoms with Gasteiger partial charge in [0, 0.05) is 17.2 Å². The zero-order valence-electron chi connectivity index (χ0n) is 10.5. The number of hydrogen-bond donors (Lipinski definition) is 1. The van der Waals surface area contributed by atoms with Gasteiger partial charge in [-0.25, -0.2) is 0 Å². The van der Waals surface area contributed by atoms with Gasteiger partial charge in [0.2, 0.25) is 0 Å². The molecule has 1 atom stereocenters. The van der Waals surface area contributed by atoms with Crippen molar-refractivity contribution in [2.24, 2.45) is 5.73 Å². The van der Waals surface area contributed by atoms with E-state index in [1.54, 1.807) is 0 Å². The molecule has 0 aliphatic carbocycles. The monoisotopic (exact) mass is 307 g/mol. The predicted octanol–water partition coefficient (Wildman–Crippen LogP) is 3.30. The highest BCUT2D eigenvalue weighted by Gasteiger charge is 2.13. The van der Waals surface area contributed by atoms with E-state index in [0.717, 1.165) is 29.6 Å². The van der Waals surface area contributed by atoms with E-state index in [2.05, 4.69) is 34.0 Å². The molecule has 0 radical (unpaired) electrons. The Balaban J connectivity index is 2.14. The maximum Gasteiger partial charge on any atom is 0.0554 e. The Morgan fingerprint density at radius 2 is 2.11 bits per heavy atom. The first-order valence-corrected chi connectivity index (χ1v) is 7.02. The lowest BCUT2D eigenvalue weighted by molar-refractivity contribution is 0.537. The Hall–Kier alpha value is -1.13. The largest absolute Gasteiger partial charge is 0.322 e. The number of nitrogens with zero attached hydrogens (tertiary/aromatic N) is 2. The summed E-state index contributed by atoms with van der Waals surface area (Å²) in [7, 11) is 0. The third-order valence-electron chi connectivity index (χ3n) is 2.96. The van der Waals surface area contributed by atoms with Crippen LogP contribution >= 0.6 is 15.9 Å². The van der Waals surface area contributed by atoms with Crippen molar-refractivity contribution >= 4 is 15.9 Å². The van der Waals surface area contributed by atoms with E-state index in [1.165, 1.54) is 5.56 Å². The Kier molecular flexibility index (Phi) is 4.55. The van der Waals surface area contributed by atoms with Gasteiger partial charge >= 0.3 is 0 Å². The van der Waals surface area contributed by atoms with Crippen molar-refractivity contribution in [1.82, 2.24) is 9.78 Å². The molecule has 0 aliphatic rings. The Morgan fingerprint density at radius 3 is 2.83 bits per heavy atom. The minimum atomic E-state index is -0.0160. The van der Waals surface area contributed by atoms with Gasteiger partial charge in [-0.3, -0.25) is 4.68 Å². The minimum Gasteiger partial charge on any atom is -0.322 e. The van der Waals surface area contributed by atoms with Gasteiger partial charge in [-0.05, 0) is 30.5 Å². The minimum absolute atomic E-state index is 0.0160. The lowest BCUT2D eigenvalue weighted by Crippen LogP contribution is -2.18. The summed E-state index contributed by atoms with van der Waals surface area (Å²) in [6.07, 6.45) is 3.71. The molecular formula is C14H18BrN3. The van der Waals surface area contributed by atoms with Crippen LogP contribution in [0.2, 0.25) is 0 Å². The van der Waals surface area contributed by atoms with E-state index >= 15 is 0 Å². The van der Waals surface area contributed by atoms with Crippen molar-refractivity contribution in [3.63, 3.8) is 0 Å². The average Bonchev–Trinajstić information content (AvgIpc) is 2.81. The summed E-state index contributed by atoms with van der Waals surface area (Å²) in [4.78, 5) is 0. The summed E-state index contributed by atoms with van der Waals surface area (Å²) < 4.78 is 3.11. The summed E-state index contributed by atoms with van der Waals surface area (Å²) >= 11 is 3.56. The molecular weight excluding hydrogens is 290 g/mol. The second-order valence-corrected chi connectivity index (χ2v) is 5.24. The molecule has 0 spiro atoms. The zero-order valence-corrected chi connectivity index (χ0v) is 12.1. The highest BCUT2D eigenvalue weighted by Crippen LogP contribution is 2.22. The molecule has 1 aromatic carbocycles. The maximum atomic E-state index is 6.29. The van der Waals surface area contributed by atoms with E-state index < -0.39 is 0 Å². The van der Waals surface area contributed by atoms with Crippen molar-refractivity contribution in [1.29, 1.82) is 0 Å². The summed E-state index contributed by atoms with van der Waals surface area (Å²) in [5, 5.41) is 4.32. The van der Waals surface area contributed by atoms with Crippen molar-refractivity contribution in [3.8, 4) is 0 Å². The van der Waals surface area contributed by atoms with Crippen LogP contribution in [0, 0.1) is 0 Å². The normalized spacial score (nSPS) is 12.6. The molecule has 1 unspecified atom stereocenters. The number of aryl methyl sites for hydroxylation is 1.